The summed E-state index contributed by atoms with van der Waals surface area (Å²) >= 11 is 0. The van der Waals surface area contributed by atoms with Gasteiger partial charge in [0.05, 0.1) is 18.0 Å². The van der Waals surface area contributed by atoms with Crippen molar-refractivity contribution in [2.24, 2.45) is 0 Å². The Hall–Kier alpha value is -3.67. The first-order chi connectivity index (χ1) is 15.1. The monoisotopic (exact) mass is 450 g/mol. The molecule has 0 bridgehead atoms. The van der Waals surface area contributed by atoms with E-state index < -0.39 is 18.4 Å². The molecule has 3 rings (SSSR count). The van der Waals surface area contributed by atoms with E-state index in [0.29, 0.717) is 29.4 Å². The SMILES string of the molecule is CC(=O)Nc1cc(Nc2ccnc(C(C)(F)F)n2)c(-c2ccc(COC(F)F)cn2)cn1. The van der Waals surface area contributed by atoms with Crippen molar-refractivity contribution in [3.63, 3.8) is 0 Å². The Morgan fingerprint density at radius 1 is 1.12 bits per heavy atom. The second kappa shape index (κ2) is 9.64. The molecule has 2 N–H and O–H groups in total. The minimum atomic E-state index is -3.24. The fraction of sp³-hybridized carbons (Fsp3) is 0.250. The highest BCUT2D eigenvalue weighted by Crippen LogP contribution is 2.31. The van der Waals surface area contributed by atoms with Crippen molar-refractivity contribution in [3.8, 4) is 11.3 Å². The molecular formula is C20H18F4N6O2. The van der Waals surface area contributed by atoms with Gasteiger partial charge in [0.15, 0.2) is 0 Å². The van der Waals surface area contributed by atoms with E-state index >= 15 is 0 Å². The number of carbonyl (C=O) groups excluding carboxylic acids is 1. The number of hydrogen-bond acceptors (Lipinski definition) is 7. The lowest BCUT2D eigenvalue weighted by Crippen LogP contribution is -2.13. The Morgan fingerprint density at radius 3 is 2.53 bits per heavy atom. The highest BCUT2D eigenvalue weighted by molar-refractivity contribution is 5.89. The summed E-state index contributed by atoms with van der Waals surface area (Å²) in [5.74, 6) is -3.97. The van der Waals surface area contributed by atoms with E-state index in [2.05, 4.69) is 35.3 Å². The van der Waals surface area contributed by atoms with Gasteiger partial charge in [-0.05, 0) is 17.7 Å². The van der Waals surface area contributed by atoms with Crippen LogP contribution in [0.25, 0.3) is 11.3 Å². The molecule has 0 saturated carbocycles. The fourth-order valence-corrected chi connectivity index (χ4v) is 2.62. The van der Waals surface area contributed by atoms with Crippen molar-refractivity contribution in [3.05, 3.63) is 54.2 Å². The lowest BCUT2D eigenvalue weighted by atomic mass is 10.1. The van der Waals surface area contributed by atoms with E-state index in [1.807, 2.05) is 0 Å². The summed E-state index contributed by atoms with van der Waals surface area (Å²) in [5.41, 5.74) is 1.64. The highest BCUT2D eigenvalue weighted by atomic mass is 19.3. The number of pyridine rings is 2. The van der Waals surface area contributed by atoms with Crippen LogP contribution in [0.5, 0.6) is 0 Å². The molecule has 0 fully saturated rings. The number of nitrogens with zero attached hydrogens (tertiary/aromatic N) is 4. The van der Waals surface area contributed by atoms with Crippen LogP contribution in [-0.4, -0.2) is 32.5 Å². The number of amides is 1. The zero-order valence-corrected chi connectivity index (χ0v) is 16.9. The van der Waals surface area contributed by atoms with E-state index in [1.54, 1.807) is 12.1 Å². The Morgan fingerprint density at radius 2 is 1.91 bits per heavy atom. The molecule has 0 atom stereocenters. The second-order valence-electron chi connectivity index (χ2n) is 6.70. The first kappa shape index (κ1) is 23.0. The molecule has 0 spiro atoms. The average Bonchev–Trinajstić information content (AvgIpc) is 2.72. The summed E-state index contributed by atoms with van der Waals surface area (Å²) in [6, 6.07) is 6.00. The summed E-state index contributed by atoms with van der Waals surface area (Å²) in [7, 11) is 0. The zero-order chi connectivity index (χ0) is 23.3. The van der Waals surface area contributed by atoms with Crippen LogP contribution in [0.4, 0.5) is 34.9 Å². The Balaban J connectivity index is 1.95. The van der Waals surface area contributed by atoms with Crippen LogP contribution in [0.2, 0.25) is 0 Å². The van der Waals surface area contributed by atoms with Crippen molar-refractivity contribution < 1.29 is 27.1 Å². The lowest BCUT2D eigenvalue weighted by molar-refractivity contribution is -0.137. The van der Waals surface area contributed by atoms with Gasteiger partial charge in [0.25, 0.3) is 0 Å². The Kier molecular flexibility index (Phi) is 6.93. The number of anilines is 3. The molecule has 0 unspecified atom stereocenters. The molecule has 1 amide bonds. The molecule has 3 aromatic rings. The van der Waals surface area contributed by atoms with Crippen LogP contribution < -0.4 is 10.6 Å². The van der Waals surface area contributed by atoms with E-state index in [4.69, 9.17) is 0 Å². The third-order valence-electron chi connectivity index (χ3n) is 4.00. The van der Waals surface area contributed by atoms with Crippen molar-refractivity contribution in [2.75, 3.05) is 10.6 Å². The van der Waals surface area contributed by atoms with E-state index in [1.165, 1.54) is 37.6 Å². The average molecular weight is 450 g/mol. The molecule has 8 nitrogen and oxygen atoms in total. The molecule has 0 aliphatic rings. The predicted molar refractivity (Wildman–Crippen MR) is 107 cm³/mol. The van der Waals surface area contributed by atoms with Gasteiger partial charge in [0, 0.05) is 44.1 Å². The maximum Gasteiger partial charge on any atom is 0.345 e. The van der Waals surface area contributed by atoms with E-state index in [9.17, 15) is 22.4 Å². The molecule has 168 valence electrons. The van der Waals surface area contributed by atoms with Crippen LogP contribution in [0, 0.1) is 0 Å². The van der Waals surface area contributed by atoms with Gasteiger partial charge in [0.1, 0.15) is 11.6 Å². The maximum absolute atomic E-state index is 13.6. The van der Waals surface area contributed by atoms with E-state index in [0.717, 1.165) is 0 Å². The normalized spacial score (nSPS) is 11.5. The number of aromatic nitrogens is 4. The van der Waals surface area contributed by atoms with Gasteiger partial charge in [-0.3, -0.25) is 9.78 Å². The lowest BCUT2D eigenvalue weighted by Gasteiger charge is -2.15. The smallest absolute Gasteiger partial charge is 0.339 e. The largest absolute Gasteiger partial charge is 0.345 e. The number of nitrogens with one attached hydrogen (secondary N) is 2. The minimum absolute atomic E-state index is 0.0831. The summed E-state index contributed by atoms with van der Waals surface area (Å²) in [6.07, 6.45) is 3.97. The van der Waals surface area contributed by atoms with Gasteiger partial charge >= 0.3 is 12.5 Å². The van der Waals surface area contributed by atoms with Gasteiger partial charge in [0.2, 0.25) is 11.7 Å². The Labute approximate surface area is 180 Å². The molecular weight excluding hydrogens is 432 g/mol. The van der Waals surface area contributed by atoms with Crippen LogP contribution in [0.1, 0.15) is 25.2 Å². The summed E-state index contributed by atoms with van der Waals surface area (Å²) in [5, 5.41) is 5.44. The summed E-state index contributed by atoms with van der Waals surface area (Å²) < 4.78 is 55.9. The molecule has 0 radical (unpaired) electrons. The maximum atomic E-state index is 13.6. The van der Waals surface area contributed by atoms with Crippen molar-refractivity contribution in [1.29, 1.82) is 0 Å². The van der Waals surface area contributed by atoms with Crippen LogP contribution in [-0.2, 0) is 22.1 Å². The number of rotatable bonds is 8. The van der Waals surface area contributed by atoms with Gasteiger partial charge in [-0.1, -0.05) is 6.07 Å². The number of alkyl halides is 4. The molecule has 0 aliphatic carbocycles. The van der Waals surface area contributed by atoms with E-state index in [-0.39, 0.29) is 24.1 Å². The van der Waals surface area contributed by atoms with Crippen molar-refractivity contribution in [2.45, 2.75) is 33.0 Å². The number of hydrogen-bond donors (Lipinski definition) is 2. The minimum Gasteiger partial charge on any atom is -0.339 e. The predicted octanol–water partition coefficient (Wildman–Crippen LogP) is 4.49. The quantitative estimate of drug-likeness (QED) is 0.488. The van der Waals surface area contributed by atoms with Gasteiger partial charge in [-0.15, -0.1) is 0 Å². The second-order valence-corrected chi connectivity index (χ2v) is 6.70. The summed E-state index contributed by atoms with van der Waals surface area (Å²) in [4.78, 5) is 27.2. The van der Waals surface area contributed by atoms with Crippen molar-refractivity contribution in [1.82, 2.24) is 19.9 Å². The van der Waals surface area contributed by atoms with Crippen LogP contribution in [0.3, 0.4) is 0 Å². The molecule has 3 aromatic heterocycles. The van der Waals surface area contributed by atoms with Crippen molar-refractivity contribution >= 4 is 23.2 Å². The number of halogens is 4. The highest BCUT2D eigenvalue weighted by Gasteiger charge is 2.28. The molecule has 0 aliphatic heterocycles. The zero-order valence-electron chi connectivity index (χ0n) is 16.9. The first-order valence-corrected chi connectivity index (χ1v) is 9.23. The topological polar surface area (TPSA) is 102 Å². The fourth-order valence-electron chi connectivity index (χ4n) is 2.62. The van der Waals surface area contributed by atoms with Crippen LogP contribution >= 0.6 is 0 Å². The third-order valence-corrected chi connectivity index (χ3v) is 4.00. The number of carbonyl (C=O) groups is 1. The standard InChI is InChI=1S/C20H18F4N6O2/c1-11(31)28-17-7-15(29-16-5-6-25-18(30-16)20(2,23)24)13(9-27-17)14-4-3-12(8-26-14)10-32-19(21)22/h3-9,19H,10H2,1-2H3,(H2,25,27,28,29,30,31). The molecule has 12 heteroatoms. The molecule has 32 heavy (non-hydrogen) atoms. The Bertz CT molecular complexity index is 1090. The summed E-state index contributed by atoms with van der Waals surface area (Å²) in [6.45, 7) is -1.22. The van der Waals surface area contributed by atoms with Crippen LogP contribution in [0.15, 0.2) is 42.9 Å². The molecule has 3 heterocycles. The first-order valence-electron chi connectivity index (χ1n) is 9.23. The third kappa shape index (κ3) is 6.17. The van der Waals surface area contributed by atoms with Gasteiger partial charge < -0.3 is 15.4 Å². The molecule has 0 saturated heterocycles. The van der Waals surface area contributed by atoms with Gasteiger partial charge in [-0.2, -0.15) is 17.6 Å². The number of ether oxygens (including phenoxy) is 1. The van der Waals surface area contributed by atoms with Gasteiger partial charge in [-0.25, -0.2) is 15.0 Å². The molecule has 0 aromatic carbocycles.